The van der Waals surface area contributed by atoms with Gasteiger partial charge in [0.15, 0.2) is 0 Å². The molecule has 1 amide bonds. The van der Waals surface area contributed by atoms with Crippen LogP contribution in [0.4, 0.5) is 11.4 Å². The number of amides is 1. The van der Waals surface area contributed by atoms with Gasteiger partial charge in [-0.3, -0.25) is 4.79 Å². The molecular formula is C12H9ClN2OS. The lowest BCUT2D eigenvalue weighted by molar-refractivity contribution is -0.117. The van der Waals surface area contributed by atoms with Gasteiger partial charge in [0, 0.05) is 4.88 Å². The number of fused-ring (bicyclic) bond motifs is 1. The number of para-hydroxylation sites is 1. The molecule has 1 aliphatic heterocycles. The highest BCUT2D eigenvalue weighted by Gasteiger charge is 2.28. The molecule has 1 unspecified atom stereocenters. The van der Waals surface area contributed by atoms with Gasteiger partial charge in [0.2, 0.25) is 0 Å². The minimum absolute atomic E-state index is 0.0535. The average Bonchev–Trinajstić information content (AvgIpc) is 2.82. The molecule has 86 valence electrons. The van der Waals surface area contributed by atoms with Crippen molar-refractivity contribution in [1.82, 2.24) is 0 Å². The Kier molecular flexibility index (Phi) is 2.53. The monoisotopic (exact) mass is 264 g/mol. The van der Waals surface area contributed by atoms with Gasteiger partial charge in [-0.15, -0.1) is 11.3 Å². The minimum atomic E-state index is -0.359. The molecular weight excluding hydrogens is 256 g/mol. The number of benzene rings is 1. The molecule has 2 aromatic rings. The Bertz CT molecular complexity index is 568. The number of hydrogen-bond donors (Lipinski definition) is 2. The summed E-state index contributed by atoms with van der Waals surface area (Å²) in [5.41, 5.74) is 1.52. The summed E-state index contributed by atoms with van der Waals surface area (Å²) in [5.74, 6) is -0.0535. The number of carbonyl (C=O) groups excluding carboxylic acids is 1. The van der Waals surface area contributed by atoms with Crippen molar-refractivity contribution in [1.29, 1.82) is 0 Å². The third kappa shape index (κ3) is 1.79. The molecule has 0 saturated heterocycles. The summed E-state index contributed by atoms with van der Waals surface area (Å²) in [6.45, 7) is 0. The summed E-state index contributed by atoms with van der Waals surface area (Å²) in [5, 5.41) is 8.61. The van der Waals surface area contributed by atoms with Crippen molar-refractivity contribution in [2.24, 2.45) is 0 Å². The standard InChI is InChI=1S/C12H9ClN2OS/c13-7-3-1-4-8-10(7)15-11(12(16)14-8)9-5-2-6-17-9/h1-6,11,15H,(H,14,16). The van der Waals surface area contributed by atoms with E-state index in [2.05, 4.69) is 10.6 Å². The zero-order valence-corrected chi connectivity index (χ0v) is 10.3. The lowest BCUT2D eigenvalue weighted by Crippen LogP contribution is -2.31. The topological polar surface area (TPSA) is 41.1 Å². The molecule has 0 radical (unpaired) electrons. The Hall–Kier alpha value is -1.52. The van der Waals surface area contributed by atoms with Crippen molar-refractivity contribution in [3.05, 3.63) is 45.6 Å². The Morgan fingerprint density at radius 3 is 2.88 bits per heavy atom. The number of anilines is 2. The Labute approximate surface area is 107 Å². The maximum absolute atomic E-state index is 12.0. The SMILES string of the molecule is O=C1Nc2cccc(Cl)c2NC1c1cccs1. The first-order valence-corrected chi connectivity index (χ1v) is 6.41. The Morgan fingerprint density at radius 1 is 1.24 bits per heavy atom. The van der Waals surface area contributed by atoms with E-state index in [0.717, 1.165) is 16.3 Å². The highest BCUT2D eigenvalue weighted by atomic mass is 35.5. The van der Waals surface area contributed by atoms with Crippen molar-refractivity contribution in [2.45, 2.75) is 6.04 Å². The van der Waals surface area contributed by atoms with Gasteiger partial charge in [0.1, 0.15) is 6.04 Å². The summed E-state index contributed by atoms with van der Waals surface area (Å²) in [4.78, 5) is 12.9. The van der Waals surface area contributed by atoms with Crippen molar-refractivity contribution >= 4 is 40.2 Å². The summed E-state index contributed by atoms with van der Waals surface area (Å²) in [6.07, 6.45) is 0. The second kappa shape index (κ2) is 4.05. The Morgan fingerprint density at radius 2 is 2.12 bits per heavy atom. The second-order valence-corrected chi connectivity index (χ2v) is 5.13. The van der Waals surface area contributed by atoms with Crippen molar-refractivity contribution < 1.29 is 4.79 Å². The first kappa shape index (κ1) is 10.6. The fraction of sp³-hybridized carbons (Fsp3) is 0.0833. The highest BCUT2D eigenvalue weighted by Crippen LogP contribution is 2.38. The number of carbonyl (C=O) groups is 1. The molecule has 1 atom stereocenters. The molecule has 17 heavy (non-hydrogen) atoms. The zero-order chi connectivity index (χ0) is 11.8. The summed E-state index contributed by atoms with van der Waals surface area (Å²) in [7, 11) is 0. The summed E-state index contributed by atoms with van der Waals surface area (Å²) in [6, 6.07) is 8.95. The van der Waals surface area contributed by atoms with Gasteiger partial charge >= 0.3 is 0 Å². The van der Waals surface area contributed by atoms with Crippen LogP contribution >= 0.6 is 22.9 Å². The van der Waals surface area contributed by atoms with E-state index in [4.69, 9.17) is 11.6 Å². The van der Waals surface area contributed by atoms with E-state index in [1.54, 1.807) is 17.4 Å². The fourth-order valence-electron chi connectivity index (χ4n) is 1.85. The van der Waals surface area contributed by atoms with Crippen LogP contribution in [-0.2, 0) is 4.79 Å². The quantitative estimate of drug-likeness (QED) is 0.828. The van der Waals surface area contributed by atoms with Gasteiger partial charge in [-0.05, 0) is 23.6 Å². The fourth-order valence-corrected chi connectivity index (χ4v) is 2.85. The van der Waals surface area contributed by atoms with E-state index in [9.17, 15) is 4.79 Å². The van der Waals surface area contributed by atoms with Gasteiger partial charge in [-0.1, -0.05) is 23.7 Å². The van der Waals surface area contributed by atoms with Crippen LogP contribution in [0.2, 0.25) is 5.02 Å². The highest BCUT2D eigenvalue weighted by molar-refractivity contribution is 7.10. The molecule has 1 aliphatic rings. The van der Waals surface area contributed by atoms with Gasteiger partial charge in [0.05, 0.1) is 16.4 Å². The van der Waals surface area contributed by atoms with Crippen LogP contribution in [0.15, 0.2) is 35.7 Å². The van der Waals surface area contributed by atoms with Crippen LogP contribution in [0.1, 0.15) is 10.9 Å². The third-order valence-corrected chi connectivity index (χ3v) is 3.90. The molecule has 0 aliphatic carbocycles. The number of halogens is 1. The van der Waals surface area contributed by atoms with Crippen LogP contribution in [0.25, 0.3) is 0 Å². The van der Waals surface area contributed by atoms with E-state index >= 15 is 0 Å². The predicted molar refractivity (Wildman–Crippen MR) is 70.8 cm³/mol. The van der Waals surface area contributed by atoms with Gasteiger partial charge < -0.3 is 10.6 Å². The van der Waals surface area contributed by atoms with Crippen LogP contribution in [0, 0.1) is 0 Å². The van der Waals surface area contributed by atoms with Gasteiger partial charge in [0.25, 0.3) is 5.91 Å². The van der Waals surface area contributed by atoms with Gasteiger partial charge in [-0.25, -0.2) is 0 Å². The molecule has 2 heterocycles. The molecule has 0 saturated carbocycles. The number of thiophene rings is 1. The van der Waals surface area contributed by atoms with Crippen LogP contribution < -0.4 is 10.6 Å². The van der Waals surface area contributed by atoms with Crippen molar-refractivity contribution in [3.8, 4) is 0 Å². The number of nitrogens with one attached hydrogen (secondary N) is 2. The average molecular weight is 265 g/mol. The molecule has 0 spiro atoms. The first-order valence-electron chi connectivity index (χ1n) is 5.15. The van der Waals surface area contributed by atoms with E-state index in [1.165, 1.54) is 0 Å². The van der Waals surface area contributed by atoms with E-state index < -0.39 is 0 Å². The maximum atomic E-state index is 12.0. The molecule has 2 N–H and O–H groups in total. The van der Waals surface area contributed by atoms with Crippen LogP contribution in [0.3, 0.4) is 0 Å². The number of rotatable bonds is 1. The van der Waals surface area contributed by atoms with Crippen LogP contribution in [-0.4, -0.2) is 5.91 Å². The lowest BCUT2D eigenvalue weighted by atomic mass is 10.1. The predicted octanol–water partition coefficient (Wildman–Crippen LogP) is 3.51. The van der Waals surface area contributed by atoms with Crippen molar-refractivity contribution in [3.63, 3.8) is 0 Å². The zero-order valence-electron chi connectivity index (χ0n) is 8.74. The minimum Gasteiger partial charge on any atom is -0.367 e. The molecule has 5 heteroatoms. The van der Waals surface area contributed by atoms with Gasteiger partial charge in [-0.2, -0.15) is 0 Å². The number of hydrogen-bond acceptors (Lipinski definition) is 3. The summed E-state index contributed by atoms with van der Waals surface area (Å²) < 4.78 is 0. The maximum Gasteiger partial charge on any atom is 0.252 e. The molecule has 1 aromatic heterocycles. The van der Waals surface area contributed by atoms with Crippen LogP contribution in [0.5, 0.6) is 0 Å². The third-order valence-electron chi connectivity index (χ3n) is 2.65. The Balaban J connectivity index is 2.03. The smallest absolute Gasteiger partial charge is 0.252 e. The van der Waals surface area contributed by atoms with Crippen molar-refractivity contribution in [2.75, 3.05) is 10.6 Å². The normalized spacial score (nSPS) is 18.2. The molecule has 0 fully saturated rings. The van der Waals surface area contributed by atoms with E-state index in [0.29, 0.717) is 5.02 Å². The first-order chi connectivity index (χ1) is 8.25. The van der Waals surface area contributed by atoms with E-state index in [-0.39, 0.29) is 11.9 Å². The molecule has 3 rings (SSSR count). The molecule has 3 nitrogen and oxygen atoms in total. The second-order valence-electron chi connectivity index (χ2n) is 3.74. The summed E-state index contributed by atoms with van der Waals surface area (Å²) >= 11 is 7.65. The van der Waals surface area contributed by atoms with E-state index in [1.807, 2.05) is 29.6 Å². The lowest BCUT2D eigenvalue weighted by Gasteiger charge is -2.26. The largest absolute Gasteiger partial charge is 0.367 e. The molecule has 0 bridgehead atoms. The molecule has 1 aromatic carbocycles.